The van der Waals surface area contributed by atoms with Crippen molar-refractivity contribution >= 4 is 22.8 Å². The second-order valence-corrected chi connectivity index (χ2v) is 6.70. The highest BCUT2D eigenvalue weighted by molar-refractivity contribution is 6.01. The number of carbonyl (C=O) groups excluding carboxylic acids is 2. The zero-order valence-electron chi connectivity index (χ0n) is 16.0. The number of hydrogen-bond donors (Lipinski definition) is 1. The topological polar surface area (TPSA) is 100 Å². The lowest BCUT2D eigenvalue weighted by atomic mass is 9.98. The van der Waals surface area contributed by atoms with E-state index < -0.39 is 11.9 Å². The zero-order valence-corrected chi connectivity index (χ0v) is 16.0. The van der Waals surface area contributed by atoms with E-state index in [0.717, 1.165) is 22.1 Å². The first-order valence-corrected chi connectivity index (χ1v) is 9.05. The van der Waals surface area contributed by atoms with Gasteiger partial charge in [0, 0.05) is 11.6 Å². The highest BCUT2D eigenvalue weighted by Crippen LogP contribution is 2.29. The molecule has 0 saturated heterocycles. The number of esters is 1. The molecule has 0 saturated carbocycles. The minimum atomic E-state index is -0.652. The molecule has 2 heterocycles. The van der Waals surface area contributed by atoms with Gasteiger partial charge >= 0.3 is 5.97 Å². The van der Waals surface area contributed by atoms with Crippen LogP contribution in [0.2, 0.25) is 0 Å². The van der Waals surface area contributed by atoms with E-state index in [1.807, 2.05) is 18.2 Å². The fourth-order valence-electron chi connectivity index (χ4n) is 3.23. The van der Waals surface area contributed by atoms with E-state index in [1.165, 1.54) is 25.4 Å². The minimum absolute atomic E-state index is 0.117. The molecular formula is C22H17FN4O3. The van der Waals surface area contributed by atoms with Crippen molar-refractivity contribution < 1.29 is 18.7 Å². The SMILES string of the molecule is COC(=O)c1cnn(Cc2ccc3c(-c4ccc(F)cc4)cc(C(N)=O)nc3c2)c1. The fraction of sp³-hybridized carbons (Fsp3) is 0.0909. The summed E-state index contributed by atoms with van der Waals surface area (Å²) >= 11 is 0. The van der Waals surface area contributed by atoms with Gasteiger partial charge in [0.25, 0.3) is 5.91 Å². The van der Waals surface area contributed by atoms with Crippen molar-refractivity contribution in [2.75, 3.05) is 7.11 Å². The Bertz CT molecular complexity index is 1270. The van der Waals surface area contributed by atoms with Gasteiger partial charge in [0.15, 0.2) is 0 Å². The number of carbonyl (C=O) groups is 2. The molecule has 0 atom stereocenters. The van der Waals surface area contributed by atoms with E-state index in [2.05, 4.69) is 14.8 Å². The number of primary amides is 1. The molecular weight excluding hydrogens is 387 g/mol. The molecule has 0 aliphatic heterocycles. The lowest BCUT2D eigenvalue weighted by molar-refractivity contribution is 0.0600. The summed E-state index contributed by atoms with van der Waals surface area (Å²) in [5.74, 6) is -1.46. The molecule has 1 amide bonds. The van der Waals surface area contributed by atoms with E-state index in [-0.39, 0.29) is 11.5 Å². The van der Waals surface area contributed by atoms with Gasteiger partial charge in [0.1, 0.15) is 11.5 Å². The Balaban J connectivity index is 1.76. The van der Waals surface area contributed by atoms with Gasteiger partial charge in [-0.1, -0.05) is 24.3 Å². The average Bonchev–Trinajstić information content (AvgIpc) is 3.21. The Hall–Kier alpha value is -4.07. The normalized spacial score (nSPS) is 10.9. The van der Waals surface area contributed by atoms with Crippen LogP contribution in [-0.2, 0) is 11.3 Å². The zero-order chi connectivity index (χ0) is 21.3. The molecule has 0 aliphatic rings. The smallest absolute Gasteiger partial charge is 0.341 e. The maximum absolute atomic E-state index is 13.3. The van der Waals surface area contributed by atoms with Crippen molar-refractivity contribution in [1.29, 1.82) is 0 Å². The second-order valence-electron chi connectivity index (χ2n) is 6.70. The number of fused-ring (bicyclic) bond motifs is 1. The number of halogens is 1. The second kappa shape index (κ2) is 7.75. The number of benzene rings is 2. The molecule has 4 rings (SSSR count). The number of aromatic nitrogens is 3. The lowest BCUT2D eigenvalue weighted by Gasteiger charge is -2.11. The number of amides is 1. The van der Waals surface area contributed by atoms with Crippen LogP contribution in [-0.4, -0.2) is 33.8 Å². The molecule has 0 unspecified atom stereocenters. The van der Waals surface area contributed by atoms with Gasteiger partial charge in [-0.05, 0) is 41.0 Å². The van der Waals surface area contributed by atoms with Crippen LogP contribution >= 0.6 is 0 Å². The number of rotatable bonds is 5. The number of nitrogens with two attached hydrogens (primary N) is 1. The van der Waals surface area contributed by atoms with Crippen molar-refractivity contribution in [3.63, 3.8) is 0 Å². The Morgan fingerprint density at radius 3 is 2.60 bits per heavy atom. The minimum Gasteiger partial charge on any atom is -0.465 e. The van der Waals surface area contributed by atoms with Crippen LogP contribution in [0.5, 0.6) is 0 Å². The third-order valence-corrected chi connectivity index (χ3v) is 4.68. The number of methoxy groups -OCH3 is 1. The van der Waals surface area contributed by atoms with E-state index in [4.69, 9.17) is 5.73 Å². The quantitative estimate of drug-likeness (QED) is 0.515. The molecule has 0 fully saturated rings. The summed E-state index contributed by atoms with van der Waals surface area (Å²) in [7, 11) is 1.31. The number of pyridine rings is 1. The van der Waals surface area contributed by atoms with E-state index in [0.29, 0.717) is 17.6 Å². The van der Waals surface area contributed by atoms with Crippen LogP contribution in [0.4, 0.5) is 4.39 Å². The van der Waals surface area contributed by atoms with Crippen LogP contribution in [0.25, 0.3) is 22.0 Å². The van der Waals surface area contributed by atoms with E-state index >= 15 is 0 Å². The van der Waals surface area contributed by atoms with Crippen molar-refractivity contribution in [3.8, 4) is 11.1 Å². The van der Waals surface area contributed by atoms with Crippen LogP contribution < -0.4 is 5.73 Å². The maximum Gasteiger partial charge on any atom is 0.341 e. The van der Waals surface area contributed by atoms with Crippen LogP contribution in [0, 0.1) is 5.82 Å². The molecule has 0 bridgehead atoms. The van der Waals surface area contributed by atoms with Crippen LogP contribution in [0.15, 0.2) is 60.9 Å². The average molecular weight is 404 g/mol. The Morgan fingerprint density at radius 1 is 1.13 bits per heavy atom. The summed E-state index contributed by atoms with van der Waals surface area (Å²) in [4.78, 5) is 27.8. The Labute approximate surface area is 170 Å². The Morgan fingerprint density at radius 2 is 1.90 bits per heavy atom. The van der Waals surface area contributed by atoms with E-state index in [9.17, 15) is 14.0 Å². The number of ether oxygens (including phenoxy) is 1. The van der Waals surface area contributed by atoms with Gasteiger partial charge in [-0.3, -0.25) is 9.48 Å². The van der Waals surface area contributed by atoms with Crippen molar-refractivity contribution in [3.05, 3.63) is 83.6 Å². The predicted octanol–water partition coefficient (Wildman–Crippen LogP) is 3.17. The van der Waals surface area contributed by atoms with Crippen molar-refractivity contribution in [1.82, 2.24) is 14.8 Å². The third-order valence-electron chi connectivity index (χ3n) is 4.68. The molecule has 4 aromatic rings. The predicted molar refractivity (Wildman–Crippen MR) is 108 cm³/mol. The van der Waals surface area contributed by atoms with Gasteiger partial charge in [-0.2, -0.15) is 5.10 Å². The summed E-state index contributed by atoms with van der Waals surface area (Å²) in [5.41, 5.74) is 8.84. The molecule has 7 nitrogen and oxygen atoms in total. The first kappa shape index (κ1) is 19.3. The summed E-state index contributed by atoms with van der Waals surface area (Å²) in [6, 6.07) is 13.2. The first-order valence-electron chi connectivity index (χ1n) is 9.05. The number of nitrogens with zero attached hydrogens (tertiary/aromatic N) is 3. The lowest BCUT2D eigenvalue weighted by Crippen LogP contribution is -2.13. The van der Waals surface area contributed by atoms with E-state index in [1.54, 1.807) is 29.1 Å². The molecule has 8 heteroatoms. The van der Waals surface area contributed by atoms with Gasteiger partial charge in [0.05, 0.1) is 30.9 Å². The van der Waals surface area contributed by atoms with Gasteiger partial charge in [-0.25, -0.2) is 14.2 Å². The molecule has 0 aliphatic carbocycles. The molecule has 150 valence electrons. The summed E-state index contributed by atoms with van der Waals surface area (Å²) in [6.45, 7) is 0.390. The molecule has 0 radical (unpaired) electrons. The summed E-state index contributed by atoms with van der Waals surface area (Å²) in [6.07, 6.45) is 3.02. The third kappa shape index (κ3) is 3.75. The maximum atomic E-state index is 13.3. The van der Waals surface area contributed by atoms with Gasteiger partial charge < -0.3 is 10.5 Å². The largest absolute Gasteiger partial charge is 0.465 e. The summed E-state index contributed by atoms with van der Waals surface area (Å²) < 4.78 is 19.6. The number of hydrogen-bond acceptors (Lipinski definition) is 5. The molecule has 30 heavy (non-hydrogen) atoms. The van der Waals surface area contributed by atoms with Crippen molar-refractivity contribution in [2.24, 2.45) is 5.73 Å². The molecule has 2 aromatic carbocycles. The standard InChI is InChI=1S/C22H17FN4O3/c1-30-22(29)15-10-25-27(12-15)11-13-2-7-17-18(14-3-5-16(23)6-4-14)9-20(21(24)28)26-19(17)8-13/h2-10,12H,11H2,1H3,(H2,24,28). The van der Waals surface area contributed by atoms with Crippen LogP contribution in [0.3, 0.4) is 0 Å². The molecule has 2 N–H and O–H groups in total. The van der Waals surface area contributed by atoms with Gasteiger partial charge in [0.2, 0.25) is 0 Å². The van der Waals surface area contributed by atoms with Gasteiger partial charge in [-0.15, -0.1) is 0 Å². The Kier molecular flexibility index (Phi) is 4.97. The van der Waals surface area contributed by atoms with Crippen LogP contribution in [0.1, 0.15) is 26.4 Å². The monoisotopic (exact) mass is 404 g/mol. The molecule has 0 spiro atoms. The fourth-order valence-corrected chi connectivity index (χ4v) is 3.23. The highest BCUT2D eigenvalue weighted by Gasteiger charge is 2.13. The van der Waals surface area contributed by atoms with Crippen molar-refractivity contribution in [2.45, 2.75) is 6.54 Å². The molecule has 2 aromatic heterocycles. The highest BCUT2D eigenvalue weighted by atomic mass is 19.1. The summed E-state index contributed by atoms with van der Waals surface area (Å²) in [5, 5.41) is 4.96. The first-order chi connectivity index (χ1) is 14.4.